The van der Waals surface area contributed by atoms with E-state index in [9.17, 15) is 5.11 Å². The highest BCUT2D eigenvalue weighted by atomic mass is 35.5. The number of aromatic hydroxyl groups is 1. The van der Waals surface area contributed by atoms with Crippen molar-refractivity contribution in [3.8, 4) is 5.75 Å². The van der Waals surface area contributed by atoms with Gasteiger partial charge in [0.1, 0.15) is 5.75 Å². The van der Waals surface area contributed by atoms with Crippen LogP contribution in [0.1, 0.15) is 11.1 Å². The number of hydrogen-bond acceptors (Lipinski definition) is 3. The van der Waals surface area contributed by atoms with Crippen LogP contribution in [0.15, 0.2) is 30.5 Å². The van der Waals surface area contributed by atoms with E-state index in [0.717, 1.165) is 11.3 Å². The Morgan fingerprint density at radius 3 is 2.78 bits per heavy atom. The monoisotopic (exact) mass is 282 g/mol. The first kappa shape index (κ1) is 13.0. The topological polar surface area (TPSA) is 45.2 Å². The van der Waals surface area contributed by atoms with Gasteiger partial charge >= 0.3 is 0 Å². The molecule has 2 rings (SSSR count). The van der Waals surface area contributed by atoms with Gasteiger partial charge in [0.15, 0.2) is 5.15 Å². The highest BCUT2D eigenvalue weighted by Gasteiger charge is 2.06. The number of pyridine rings is 1. The van der Waals surface area contributed by atoms with Crippen molar-refractivity contribution in [1.29, 1.82) is 0 Å². The Kier molecular flexibility index (Phi) is 3.94. The molecule has 94 valence electrons. The number of aryl methyl sites for hydroxylation is 1. The van der Waals surface area contributed by atoms with Gasteiger partial charge in [-0.25, -0.2) is 4.98 Å². The second kappa shape index (κ2) is 5.46. The molecule has 0 saturated heterocycles. The Morgan fingerprint density at radius 2 is 2.06 bits per heavy atom. The largest absolute Gasteiger partial charge is 0.508 e. The van der Waals surface area contributed by atoms with Gasteiger partial charge in [-0.15, -0.1) is 0 Å². The molecule has 3 nitrogen and oxygen atoms in total. The van der Waals surface area contributed by atoms with Crippen LogP contribution in [0.25, 0.3) is 0 Å². The molecule has 0 radical (unpaired) electrons. The molecule has 0 amide bonds. The summed E-state index contributed by atoms with van der Waals surface area (Å²) < 4.78 is 0. The zero-order valence-corrected chi connectivity index (χ0v) is 11.3. The molecule has 5 heteroatoms. The number of anilines is 1. The predicted octanol–water partition coefficient (Wildman–Crippen LogP) is 4.01. The molecule has 0 saturated carbocycles. The lowest BCUT2D eigenvalue weighted by Crippen LogP contribution is -2.02. The first-order chi connectivity index (χ1) is 8.58. The number of phenolic OH excluding ortho intramolecular Hbond substituents is 1. The third-order valence-electron chi connectivity index (χ3n) is 2.61. The molecule has 0 spiro atoms. The lowest BCUT2D eigenvalue weighted by molar-refractivity contribution is 0.469. The summed E-state index contributed by atoms with van der Waals surface area (Å²) in [7, 11) is 0. The fourth-order valence-corrected chi connectivity index (χ4v) is 2.08. The fraction of sp³-hybridized carbons (Fsp3) is 0.154. The molecule has 18 heavy (non-hydrogen) atoms. The van der Waals surface area contributed by atoms with E-state index in [0.29, 0.717) is 22.3 Å². The average molecular weight is 283 g/mol. The number of benzene rings is 1. The van der Waals surface area contributed by atoms with Crippen molar-refractivity contribution in [2.24, 2.45) is 0 Å². The maximum absolute atomic E-state index is 9.70. The molecule has 0 fully saturated rings. The SMILES string of the molecule is Cc1ccnc(Cl)c1NCc1cc(Cl)ccc1O. The molecule has 0 bridgehead atoms. The van der Waals surface area contributed by atoms with Crippen molar-refractivity contribution in [3.05, 3.63) is 51.8 Å². The second-order valence-electron chi connectivity index (χ2n) is 3.92. The van der Waals surface area contributed by atoms with Crippen LogP contribution in [0, 0.1) is 6.92 Å². The van der Waals surface area contributed by atoms with E-state index < -0.39 is 0 Å². The van der Waals surface area contributed by atoms with Crippen LogP contribution in [-0.2, 0) is 6.54 Å². The summed E-state index contributed by atoms with van der Waals surface area (Å²) in [5.41, 5.74) is 2.47. The minimum atomic E-state index is 0.199. The van der Waals surface area contributed by atoms with Crippen LogP contribution in [0.2, 0.25) is 10.2 Å². The van der Waals surface area contributed by atoms with Crippen molar-refractivity contribution in [2.45, 2.75) is 13.5 Å². The van der Waals surface area contributed by atoms with Gasteiger partial charge in [0.05, 0.1) is 5.69 Å². The summed E-state index contributed by atoms with van der Waals surface area (Å²) in [5.74, 6) is 0.199. The summed E-state index contributed by atoms with van der Waals surface area (Å²) in [6.45, 7) is 2.37. The van der Waals surface area contributed by atoms with E-state index >= 15 is 0 Å². The smallest absolute Gasteiger partial charge is 0.152 e. The molecule has 0 unspecified atom stereocenters. The number of aromatic nitrogens is 1. The Balaban J connectivity index is 2.19. The van der Waals surface area contributed by atoms with E-state index in [1.165, 1.54) is 0 Å². The Hall–Kier alpha value is -1.45. The average Bonchev–Trinajstić information content (AvgIpc) is 2.33. The fourth-order valence-electron chi connectivity index (χ4n) is 1.62. The zero-order valence-electron chi connectivity index (χ0n) is 9.74. The molecule has 0 aliphatic rings. The van der Waals surface area contributed by atoms with E-state index in [-0.39, 0.29) is 5.75 Å². The van der Waals surface area contributed by atoms with Crippen LogP contribution in [0.4, 0.5) is 5.69 Å². The Labute approximate surface area is 115 Å². The Bertz CT molecular complexity index is 553. The molecule has 0 atom stereocenters. The third kappa shape index (κ3) is 2.86. The van der Waals surface area contributed by atoms with Crippen LogP contribution < -0.4 is 5.32 Å². The van der Waals surface area contributed by atoms with Gasteiger partial charge in [-0.3, -0.25) is 0 Å². The van der Waals surface area contributed by atoms with Crippen LogP contribution >= 0.6 is 23.2 Å². The predicted molar refractivity (Wildman–Crippen MR) is 74.4 cm³/mol. The normalized spacial score (nSPS) is 10.4. The summed E-state index contributed by atoms with van der Waals surface area (Å²) in [5, 5.41) is 13.9. The summed E-state index contributed by atoms with van der Waals surface area (Å²) in [6.07, 6.45) is 1.65. The molecular weight excluding hydrogens is 271 g/mol. The number of nitrogens with zero attached hydrogens (tertiary/aromatic N) is 1. The minimum absolute atomic E-state index is 0.199. The quantitative estimate of drug-likeness (QED) is 0.836. The summed E-state index contributed by atoms with van der Waals surface area (Å²) >= 11 is 11.9. The molecule has 2 aromatic rings. The molecule has 2 N–H and O–H groups in total. The maximum Gasteiger partial charge on any atom is 0.152 e. The molecule has 1 aromatic heterocycles. The standard InChI is InChI=1S/C13H12Cl2N2O/c1-8-4-5-16-13(15)12(8)17-7-9-6-10(14)2-3-11(9)18/h2-6,17-18H,7H2,1H3. The number of phenols is 1. The summed E-state index contributed by atoms with van der Waals surface area (Å²) in [4.78, 5) is 4.01. The minimum Gasteiger partial charge on any atom is -0.508 e. The molecular formula is C13H12Cl2N2O. The number of nitrogens with one attached hydrogen (secondary N) is 1. The van der Waals surface area contributed by atoms with Crippen molar-refractivity contribution < 1.29 is 5.11 Å². The van der Waals surface area contributed by atoms with Gasteiger partial charge in [-0.05, 0) is 36.8 Å². The molecule has 1 aromatic carbocycles. The van der Waals surface area contributed by atoms with E-state index in [2.05, 4.69) is 10.3 Å². The molecule has 0 aliphatic heterocycles. The highest BCUT2D eigenvalue weighted by Crippen LogP contribution is 2.26. The van der Waals surface area contributed by atoms with E-state index in [4.69, 9.17) is 23.2 Å². The van der Waals surface area contributed by atoms with Gasteiger partial charge < -0.3 is 10.4 Å². The number of hydrogen-bond donors (Lipinski definition) is 2. The third-order valence-corrected chi connectivity index (χ3v) is 3.13. The summed E-state index contributed by atoms with van der Waals surface area (Å²) in [6, 6.07) is 6.79. The van der Waals surface area contributed by atoms with Gasteiger partial charge in [0.25, 0.3) is 0 Å². The van der Waals surface area contributed by atoms with Gasteiger partial charge in [-0.2, -0.15) is 0 Å². The van der Waals surface area contributed by atoms with Crippen LogP contribution in [0.3, 0.4) is 0 Å². The molecule has 0 aliphatic carbocycles. The van der Waals surface area contributed by atoms with Crippen molar-refractivity contribution >= 4 is 28.9 Å². The van der Waals surface area contributed by atoms with Crippen LogP contribution in [-0.4, -0.2) is 10.1 Å². The second-order valence-corrected chi connectivity index (χ2v) is 4.71. The van der Waals surface area contributed by atoms with Crippen molar-refractivity contribution in [2.75, 3.05) is 5.32 Å². The first-order valence-corrected chi connectivity index (χ1v) is 6.16. The zero-order chi connectivity index (χ0) is 13.1. The lowest BCUT2D eigenvalue weighted by Gasteiger charge is -2.11. The van der Waals surface area contributed by atoms with E-state index in [1.54, 1.807) is 24.4 Å². The maximum atomic E-state index is 9.70. The van der Waals surface area contributed by atoms with Crippen molar-refractivity contribution in [1.82, 2.24) is 4.98 Å². The van der Waals surface area contributed by atoms with E-state index in [1.807, 2.05) is 13.0 Å². The number of rotatable bonds is 3. The number of halogens is 2. The van der Waals surface area contributed by atoms with Gasteiger partial charge in [0, 0.05) is 23.3 Å². The van der Waals surface area contributed by atoms with Crippen molar-refractivity contribution in [3.63, 3.8) is 0 Å². The van der Waals surface area contributed by atoms with Crippen LogP contribution in [0.5, 0.6) is 5.75 Å². The van der Waals surface area contributed by atoms with Gasteiger partial charge in [0.2, 0.25) is 0 Å². The Morgan fingerprint density at radius 1 is 1.28 bits per heavy atom. The first-order valence-electron chi connectivity index (χ1n) is 5.40. The highest BCUT2D eigenvalue weighted by molar-refractivity contribution is 6.32. The molecule has 1 heterocycles. The van der Waals surface area contributed by atoms with Gasteiger partial charge in [-0.1, -0.05) is 23.2 Å². The lowest BCUT2D eigenvalue weighted by atomic mass is 10.2.